The molecule has 0 bridgehead atoms. The van der Waals surface area contributed by atoms with Crippen molar-refractivity contribution in [1.82, 2.24) is 0 Å². The third-order valence-electron chi connectivity index (χ3n) is 13.6. The molecular weight excluding hydrogens is 741 g/mol. The van der Waals surface area contributed by atoms with Gasteiger partial charge in [-0.25, -0.2) is 0 Å². The smallest absolute Gasteiger partial charge is 0.0362 e. The molecule has 1 aromatic heterocycles. The normalized spacial score (nSPS) is 13.3. The van der Waals surface area contributed by atoms with Crippen molar-refractivity contribution in [3.8, 4) is 44.5 Å². The van der Waals surface area contributed by atoms with E-state index in [0.29, 0.717) is 0 Å². The predicted octanol–water partition coefficient (Wildman–Crippen LogP) is 17.1. The van der Waals surface area contributed by atoms with Gasteiger partial charge < -0.3 is 0 Å². The molecule has 0 N–H and O–H groups in total. The molecular formula is C59H38S. The minimum atomic E-state index is -0.122. The van der Waals surface area contributed by atoms with E-state index in [4.69, 9.17) is 0 Å². The van der Waals surface area contributed by atoms with E-state index in [9.17, 15) is 0 Å². The van der Waals surface area contributed by atoms with Crippen molar-refractivity contribution in [3.63, 3.8) is 0 Å². The Hall–Kier alpha value is -7.06. The lowest BCUT2D eigenvalue weighted by molar-refractivity contribution is 0.661. The second-order valence-electron chi connectivity index (χ2n) is 17.2. The highest BCUT2D eigenvalue weighted by atomic mass is 32.1. The Morgan fingerprint density at radius 1 is 0.317 bits per heavy atom. The fourth-order valence-corrected chi connectivity index (χ4v) is 11.9. The van der Waals surface area contributed by atoms with Gasteiger partial charge in [-0.3, -0.25) is 0 Å². The Morgan fingerprint density at radius 3 is 1.65 bits per heavy atom. The van der Waals surface area contributed by atoms with Crippen LogP contribution in [0.5, 0.6) is 0 Å². The molecule has 11 aromatic carbocycles. The van der Waals surface area contributed by atoms with Crippen LogP contribution in [-0.4, -0.2) is 0 Å². The maximum absolute atomic E-state index is 2.47. The van der Waals surface area contributed by atoms with Crippen LogP contribution in [0.4, 0.5) is 0 Å². The largest absolute Gasteiger partial charge is 0.135 e. The van der Waals surface area contributed by atoms with E-state index in [1.54, 1.807) is 0 Å². The van der Waals surface area contributed by atoms with Gasteiger partial charge in [-0.15, -0.1) is 11.3 Å². The van der Waals surface area contributed by atoms with Crippen molar-refractivity contribution in [2.45, 2.75) is 19.3 Å². The van der Waals surface area contributed by atoms with Crippen LogP contribution >= 0.6 is 11.3 Å². The number of thiophene rings is 1. The Bertz CT molecular complexity index is 3740. The lowest BCUT2D eigenvalue weighted by Crippen LogP contribution is -2.15. The van der Waals surface area contributed by atoms with Crippen LogP contribution in [0.1, 0.15) is 25.0 Å². The molecule has 0 saturated carbocycles. The molecule has 1 heterocycles. The van der Waals surface area contributed by atoms with Crippen LogP contribution in [0.25, 0.3) is 119 Å². The predicted molar refractivity (Wildman–Crippen MR) is 261 cm³/mol. The molecule has 0 saturated heterocycles. The highest BCUT2D eigenvalue weighted by Crippen LogP contribution is 2.54. The Morgan fingerprint density at radius 2 is 0.883 bits per heavy atom. The molecule has 60 heavy (non-hydrogen) atoms. The Kier molecular flexibility index (Phi) is 7.04. The van der Waals surface area contributed by atoms with Gasteiger partial charge in [0.1, 0.15) is 0 Å². The van der Waals surface area contributed by atoms with Crippen molar-refractivity contribution >= 4 is 85.4 Å². The zero-order chi connectivity index (χ0) is 39.7. The standard InChI is InChI=1S/C59H38S/c1-59(2)50-30-27-36-28-31-53-58(49-19-9-10-21-52(49)60-53)55(36)57(50)48-29-26-40(34-51(48)59)38-22-23-39-33-41(25-24-37(39)32-38)54-44-15-5-7-17-46(44)56(47-18-8-6-16-45(47)54)43-20-11-13-35-12-3-4-14-42(35)43/h3-34H,1-2H3. The van der Waals surface area contributed by atoms with E-state index < -0.39 is 0 Å². The fraction of sp³-hybridized carbons (Fsp3) is 0.0508. The van der Waals surface area contributed by atoms with E-state index in [1.807, 2.05) is 11.3 Å². The van der Waals surface area contributed by atoms with Crippen LogP contribution in [0, 0.1) is 0 Å². The van der Waals surface area contributed by atoms with Crippen LogP contribution in [0.2, 0.25) is 0 Å². The Balaban J connectivity index is 0.942. The number of fused-ring (bicyclic) bond motifs is 13. The first-order valence-electron chi connectivity index (χ1n) is 21.0. The molecule has 0 radical (unpaired) electrons. The molecule has 0 aliphatic heterocycles. The van der Waals surface area contributed by atoms with Gasteiger partial charge in [-0.1, -0.05) is 178 Å². The van der Waals surface area contributed by atoms with Gasteiger partial charge in [0.05, 0.1) is 0 Å². The minimum Gasteiger partial charge on any atom is -0.135 e. The molecule has 1 aliphatic carbocycles. The van der Waals surface area contributed by atoms with Gasteiger partial charge in [0.15, 0.2) is 0 Å². The van der Waals surface area contributed by atoms with Crippen molar-refractivity contribution < 1.29 is 0 Å². The summed E-state index contributed by atoms with van der Waals surface area (Å²) in [5.74, 6) is 0. The summed E-state index contributed by atoms with van der Waals surface area (Å²) in [5, 5.41) is 15.6. The lowest BCUT2D eigenvalue weighted by atomic mass is 9.81. The molecule has 0 unspecified atom stereocenters. The molecule has 0 atom stereocenters. The monoisotopic (exact) mass is 778 g/mol. The van der Waals surface area contributed by atoms with Crippen molar-refractivity contribution in [1.29, 1.82) is 0 Å². The quantitative estimate of drug-likeness (QED) is 0.157. The molecule has 280 valence electrons. The molecule has 1 aliphatic rings. The van der Waals surface area contributed by atoms with Crippen LogP contribution in [0.3, 0.4) is 0 Å². The van der Waals surface area contributed by atoms with Crippen molar-refractivity contribution in [2.24, 2.45) is 0 Å². The average molecular weight is 779 g/mol. The van der Waals surface area contributed by atoms with E-state index >= 15 is 0 Å². The van der Waals surface area contributed by atoms with Gasteiger partial charge in [0.25, 0.3) is 0 Å². The number of benzene rings is 11. The average Bonchev–Trinajstić information content (AvgIpc) is 3.79. The molecule has 0 spiro atoms. The lowest BCUT2D eigenvalue weighted by Gasteiger charge is -2.22. The number of rotatable bonds is 3. The first-order valence-corrected chi connectivity index (χ1v) is 21.8. The van der Waals surface area contributed by atoms with Crippen LogP contribution in [0.15, 0.2) is 194 Å². The van der Waals surface area contributed by atoms with E-state index in [2.05, 4.69) is 208 Å². The van der Waals surface area contributed by atoms with Crippen LogP contribution < -0.4 is 0 Å². The van der Waals surface area contributed by atoms with E-state index in [0.717, 1.165) is 0 Å². The maximum atomic E-state index is 2.47. The minimum absolute atomic E-state index is 0.122. The highest BCUT2D eigenvalue weighted by Gasteiger charge is 2.37. The molecule has 0 amide bonds. The topological polar surface area (TPSA) is 0 Å². The summed E-state index contributed by atoms with van der Waals surface area (Å²) in [6, 6.07) is 73.0. The van der Waals surface area contributed by atoms with Gasteiger partial charge in [-0.2, -0.15) is 0 Å². The van der Waals surface area contributed by atoms with E-state index in [-0.39, 0.29) is 5.41 Å². The molecule has 12 aromatic rings. The zero-order valence-corrected chi connectivity index (χ0v) is 34.2. The van der Waals surface area contributed by atoms with Crippen LogP contribution in [-0.2, 0) is 5.41 Å². The van der Waals surface area contributed by atoms with E-state index in [1.165, 1.54) is 130 Å². The van der Waals surface area contributed by atoms with Gasteiger partial charge in [-0.05, 0) is 140 Å². The third-order valence-corrected chi connectivity index (χ3v) is 14.7. The maximum Gasteiger partial charge on any atom is 0.0362 e. The van der Waals surface area contributed by atoms with Gasteiger partial charge >= 0.3 is 0 Å². The SMILES string of the molecule is CC1(C)c2cc(-c3ccc4cc(-c5c6ccccc6c(-c6cccc7ccccc67)c6ccccc56)ccc4c3)ccc2-c2c1ccc1ccc3sc4ccccc4c3c21. The Labute approximate surface area is 352 Å². The third kappa shape index (κ3) is 4.73. The summed E-state index contributed by atoms with van der Waals surface area (Å²) >= 11 is 1.90. The highest BCUT2D eigenvalue weighted by molar-refractivity contribution is 7.26. The van der Waals surface area contributed by atoms with Crippen molar-refractivity contribution in [2.75, 3.05) is 0 Å². The van der Waals surface area contributed by atoms with Crippen molar-refractivity contribution in [3.05, 3.63) is 205 Å². The zero-order valence-electron chi connectivity index (χ0n) is 33.4. The fourth-order valence-electron chi connectivity index (χ4n) is 10.8. The molecule has 1 heteroatoms. The summed E-state index contributed by atoms with van der Waals surface area (Å²) in [6.45, 7) is 4.81. The summed E-state index contributed by atoms with van der Waals surface area (Å²) in [4.78, 5) is 0. The first-order chi connectivity index (χ1) is 29.5. The molecule has 13 rings (SSSR count). The van der Waals surface area contributed by atoms with Gasteiger partial charge in [0.2, 0.25) is 0 Å². The number of hydrogen-bond acceptors (Lipinski definition) is 1. The first kappa shape index (κ1) is 33.9. The summed E-state index contributed by atoms with van der Waals surface area (Å²) in [5.41, 5.74) is 13.1. The number of hydrogen-bond donors (Lipinski definition) is 0. The molecule has 0 fully saturated rings. The molecule has 0 nitrogen and oxygen atoms in total. The second-order valence-corrected chi connectivity index (χ2v) is 18.2. The summed E-state index contributed by atoms with van der Waals surface area (Å²) in [7, 11) is 0. The summed E-state index contributed by atoms with van der Waals surface area (Å²) < 4.78 is 2.71. The second kappa shape index (κ2) is 12.5. The van der Waals surface area contributed by atoms with Gasteiger partial charge in [0, 0.05) is 25.6 Å². The summed E-state index contributed by atoms with van der Waals surface area (Å²) in [6.07, 6.45) is 0.